The largest absolute Gasteiger partial charge is 0.379 e. The Labute approximate surface area is 90.1 Å². The maximum atomic E-state index is 11.6. The Morgan fingerprint density at radius 2 is 2.27 bits per heavy atom. The second-order valence-corrected chi connectivity index (χ2v) is 4.15. The van der Waals surface area contributed by atoms with Gasteiger partial charge in [-0.3, -0.25) is 9.69 Å². The van der Waals surface area contributed by atoms with E-state index in [9.17, 15) is 4.79 Å². The summed E-state index contributed by atoms with van der Waals surface area (Å²) in [4.78, 5) is 13.8. The van der Waals surface area contributed by atoms with Crippen LogP contribution in [-0.4, -0.2) is 62.8 Å². The van der Waals surface area contributed by atoms with Crippen LogP contribution in [-0.2, 0) is 9.53 Å². The smallest absolute Gasteiger partial charge is 0.234 e. The number of hydrogen-bond donors (Lipinski definition) is 2. The molecule has 15 heavy (non-hydrogen) atoms. The minimum absolute atomic E-state index is 0.132. The molecule has 86 valence electrons. The lowest BCUT2D eigenvalue weighted by Gasteiger charge is -2.26. The van der Waals surface area contributed by atoms with Crippen molar-refractivity contribution in [1.29, 1.82) is 0 Å². The molecule has 0 radical (unpaired) electrons. The monoisotopic (exact) mass is 213 g/mol. The first-order valence-electron chi connectivity index (χ1n) is 5.65. The van der Waals surface area contributed by atoms with Crippen LogP contribution >= 0.6 is 0 Å². The molecule has 5 nitrogen and oxygen atoms in total. The van der Waals surface area contributed by atoms with Crippen molar-refractivity contribution in [2.75, 3.05) is 45.9 Å². The molecule has 2 heterocycles. The van der Waals surface area contributed by atoms with Gasteiger partial charge in [-0.25, -0.2) is 0 Å². The molecule has 1 atom stereocenters. The normalized spacial score (nSPS) is 27.9. The van der Waals surface area contributed by atoms with Gasteiger partial charge in [-0.2, -0.15) is 0 Å². The predicted molar refractivity (Wildman–Crippen MR) is 56.7 cm³/mol. The highest BCUT2D eigenvalue weighted by atomic mass is 16.5. The van der Waals surface area contributed by atoms with E-state index in [4.69, 9.17) is 4.74 Å². The van der Waals surface area contributed by atoms with E-state index in [0.717, 1.165) is 39.2 Å². The third-order valence-electron chi connectivity index (χ3n) is 2.87. The Morgan fingerprint density at radius 1 is 1.47 bits per heavy atom. The number of rotatable bonds is 3. The molecular formula is C10H19N3O2. The molecule has 2 fully saturated rings. The SMILES string of the molecule is O=C(CN1CCNCC1)NC1CCOC1. The number of nitrogens with zero attached hydrogens (tertiary/aromatic N) is 1. The van der Waals surface area contributed by atoms with E-state index >= 15 is 0 Å². The Hall–Kier alpha value is -0.650. The van der Waals surface area contributed by atoms with Gasteiger partial charge in [-0.05, 0) is 6.42 Å². The van der Waals surface area contributed by atoms with Crippen LogP contribution in [0.15, 0.2) is 0 Å². The Bertz CT molecular complexity index is 211. The average Bonchev–Trinajstić information content (AvgIpc) is 2.71. The highest BCUT2D eigenvalue weighted by Crippen LogP contribution is 2.03. The summed E-state index contributed by atoms with van der Waals surface area (Å²) in [6, 6.07) is 0.236. The first kappa shape index (κ1) is 10.9. The minimum atomic E-state index is 0.132. The van der Waals surface area contributed by atoms with Gasteiger partial charge in [0.25, 0.3) is 0 Å². The van der Waals surface area contributed by atoms with Crippen LogP contribution in [0.5, 0.6) is 0 Å². The third kappa shape index (κ3) is 3.44. The van der Waals surface area contributed by atoms with Crippen molar-refractivity contribution in [1.82, 2.24) is 15.5 Å². The summed E-state index contributed by atoms with van der Waals surface area (Å²) >= 11 is 0. The maximum Gasteiger partial charge on any atom is 0.234 e. The van der Waals surface area contributed by atoms with Gasteiger partial charge in [0.2, 0.25) is 5.91 Å². The standard InChI is InChI=1S/C10H19N3O2/c14-10(12-9-1-6-15-8-9)7-13-4-2-11-3-5-13/h9,11H,1-8H2,(H,12,14). The lowest BCUT2D eigenvalue weighted by molar-refractivity contribution is -0.123. The fourth-order valence-electron chi connectivity index (χ4n) is 1.99. The zero-order valence-electron chi connectivity index (χ0n) is 9.00. The van der Waals surface area contributed by atoms with Crippen molar-refractivity contribution in [2.45, 2.75) is 12.5 Å². The molecule has 2 aliphatic rings. The number of ether oxygens (including phenoxy) is 1. The van der Waals surface area contributed by atoms with Crippen molar-refractivity contribution in [3.8, 4) is 0 Å². The van der Waals surface area contributed by atoms with Crippen LogP contribution in [0.25, 0.3) is 0 Å². The molecular weight excluding hydrogens is 194 g/mol. The zero-order chi connectivity index (χ0) is 10.5. The van der Waals surface area contributed by atoms with Crippen molar-refractivity contribution in [3.63, 3.8) is 0 Å². The lowest BCUT2D eigenvalue weighted by atomic mass is 10.2. The maximum absolute atomic E-state index is 11.6. The quantitative estimate of drug-likeness (QED) is 0.618. The van der Waals surface area contributed by atoms with Gasteiger partial charge in [0, 0.05) is 32.8 Å². The minimum Gasteiger partial charge on any atom is -0.379 e. The van der Waals surface area contributed by atoms with E-state index in [1.165, 1.54) is 0 Å². The molecule has 1 amide bonds. The molecule has 0 aliphatic carbocycles. The molecule has 2 rings (SSSR count). The van der Waals surface area contributed by atoms with Gasteiger partial charge >= 0.3 is 0 Å². The third-order valence-corrected chi connectivity index (χ3v) is 2.87. The van der Waals surface area contributed by atoms with Gasteiger partial charge in [0.1, 0.15) is 0 Å². The molecule has 2 saturated heterocycles. The van der Waals surface area contributed by atoms with Gasteiger partial charge in [-0.1, -0.05) is 0 Å². The Morgan fingerprint density at radius 3 is 2.93 bits per heavy atom. The molecule has 0 aromatic carbocycles. The van der Waals surface area contributed by atoms with Crippen molar-refractivity contribution in [2.24, 2.45) is 0 Å². The van der Waals surface area contributed by atoms with Crippen LogP contribution < -0.4 is 10.6 Å². The summed E-state index contributed by atoms with van der Waals surface area (Å²) in [6.45, 7) is 5.88. The van der Waals surface area contributed by atoms with Crippen molar-refractivity contribution in [3.05, 3.63) is 0 Å². The Kier molecular flexibility index (Phi) is 3.94. The van der Waals surface area contributed by atoms with Crippen LogP contribution in [0, 0.1) is 0 Å². The van der Waals surface area contributed by atoms with Crippen LogP contribution in [0.2, 0.25) is 0 Å². The molecule has 1 unspecified atom stereocenters. The fraction of sp³-hybridized carbons (Fsp3) is 0.900. The molecule has 0 aromatic rings. The lowest BCUT2D eigenvalue weighted by Crippen LogP contribution is -2.49. The van der Waals surface area contributed by atoms with Crippen LogP contribution in [0.3, 0.4) is 0 Å². The summed E-state index contributed by atoms with van der Waals surface area (Å²) < 4.78 is 5.21. The highest BCUT2D eigenvalue weighted by Gasteiger charge is 2.19. The molecule has 0 saturated carbocycles. The van der Waals surface area contributed by atoms with E-state index in [-0.39, 0.29) is 11.9 Å². The fourth-order valence-corrected chi connectivity index (χ4v) is 1.99. The number of carbonyl (C=O) groups is 1. The molecule has 5 heteroatoms. The summed E-state index contributed by atoms with van der Waals surface area (Å²) in [5.74, 6) is 0.132. The van der Waals surface area contributed by atoms with E-state index in [1.807, 2.05) is 0 Å². The zero-order valence-corrected chi connectivity index (χ0v) is 9.00. The number of hydrogen-bond acceptors (Lipinski definition) is 4. The van der Waals surface area contributed by atoms with Crippen LogP contribution in [0.4, 0.5) is 0 Å². The number of carbonyl (C=O) groups excluding carboxylic acids is 1. The van der Waals surface area contributed by atoms with Gasteiger partial charge in [0.05, 0.1) is 19.2 Å². The van der Waals surface area contributed by atoms with Crippen molar-refractivity contribution >= 4 is 5.91 Å². The second kappa shape index (κ2) is 5.44. The number of piperazine rings is 1. The highest BCUT2D eigenvalue weighted by molar-refractivity contribution is 5.78. The van der Waals surface area contributed by atoms with E-state index in [1.54, 1.807) is 0 Å². The number of nitrogens with one attached hydrogen (secondary N) is 2. The summed E-state index contributed by atoms with van der Waals surface area (Å²) in [5.41, 5.74) is 0. The van der Waals surface area contributed by atoms with Gasteiger partial charge in [-0.15, -0.1) is 0 Å². The van der Waals surface area contributed by atoms with E-state index < -0.39 is 0 Å². The van der Waals surface area contributed by atoms with E-state index in [0.29, 0.717) is 13.2 Å². The second-order valence-electron chi connectivity index (χ2n) is 4.15. The first-order valence-corrected chi connectivity index (χ1v) is 5.65. The first-order chi connectivity index (χ1) is 7.34. The average molecular weight is 213 g/mol. The summed E-state index contributed by atoms with van der Waals surface area (Å²) in [5, 5.41) is 6.27. The summed E-state index contributed by atoms with van der Waals surface area (Å²) in [6.07, 6.45) is 0.952. The molecule has 2 aliphatic heterocycles. The Balaban J connectivity index is 1.66. The molecule has 0 bridgehead atoms. The molecule has 0 aromatic heterocycles. The molecule has 2 N–H and O–H groups in total. The van der Waals surface area contributed by atoms with Crippen LogP contribution in [0.1, 0.15) is 6.42 Å². The molecule has 0 spiro atoms. The van der Waals surface area contributed by atoms with Crippen molar-refractivity contribution < 1.29 is 9.53 Å². The van der Waals surface area contributed by atoms with E-state index in [2.05, 4.69) is 15.5 Å². The van der Waals surface area contributed by atoms with Gasteiger partial charge in [0.15, 0.2) is 0 Å². The summed E-state index contributed by atoms with van der Waals surface area (Å²) in [7, 11) is 0. The van der Waals surface area contributed by atoms with Gasteiger partial charge < -0.3 is 15.4 Å². The number of amides is 1. The topological polar surface area (TPSA) is 53.6 Å². The predicted octanol–water partition coefficient (Wildman–Crippen LogP) is -1.20.